The van der Waals surface area contributed by atoms with Crippen LogP contribution in [-0.4, -0.2) is 25.4 Å². The largest absolute Gasteiger partial charge is 0.448 e. The van der Waals surface area contributed by atoms with Crippen LogP contribution in [0.4, 0.5) is 17.1 Å². The van der Waals surface area contributed by atoms with E-state index in [1.54, 1.807) is 18.2 Å². The first-order valence-corrected chi connectivity index (χ1v) is 10.4. The highest BCUT2D eigenvalue weighted by molar-refractivity contribution is 7.90. The Hall–Kier alpha value is -2.81. The maximum atomic E-state index is 11.7. The summed E-state index contributed by atoms with van der Waals surface area (Å²) >= 11 is 0. The van der Waals surface area contributed by atoms with Crippen molar-refractivity contribution in [1.29, 1.82) is 0 Å². The molecule has 1 N–H and O–H groups in total. The van der Waals surface area contributed by atoms with Crippen LogP contribution >= 0.6 is 0 Å². The average molecular weight is 390 g/mol. The maximum Gasteiger partial charge on any atom is 0.293 e. The zero-order valence-electron chi connectivity index (χ0n) is 14.6. The molecule has 1 heterocycles. The number of sulfone groups is 1. The second kappa shape index (κ2) is 6.12. The van der Waals surface area contributed by atoms with E-state index in [-0.39, 0.29) is 16.3 Å². The number of rotatable bonds is 4. The third kappa shape index (κ3) is 3.30. The molecule has 0 radical (unpaired) electrons. The zero-order valence-corrected chi connectivity index (χ0v) is 15.4. The van der Waals surface area contributed by atoms with E-state index < -0.39 is 20.5 Å². The summed E-state index contributed by atoms with van der Waals surface area (Å²) in [7, 11) is -3.54. The molecule has 2 aromatic rings. The average Bonchev–Trinajstić information content (AvgIpc) is 3.19. The molecule has 0 bridgehead atoms. The van der Waals surface area contributed by atoms with Crippen LogP contribution in [0.15, 0.2) is 41.3 Å². The standard InChI is InChI=1S/C18H18N2O6S/c1-27(23,24)13-5-6-14(15(11-13)20(21)22)19-12-4-7-16-17(10-12)26-18(25-16)8-2-3-9-18/h4-7,10-11,19H,2-3,8-9H2,1H3. The fourth-order valence-electron chi connectivity index (χ4n) is 3.44. The van der Waals surface area contributed by atoms with Gasteiger partial charge in [-0.05, 0) is 37.1 Å². The van der Waals surface area contributed by atoms with Gasteiger partial charge in [0.15, 0.2) is 21.3 Å². The van der Waals surface area contributed by atoms with Crippen molar-refractivity contribution in [2.75, 3.05) is 11.6 Å². The first-order valence-electron chi connectivity index (χ1n) is 8.53. The quantitative estimate of drug-likeness (QED) is 0.625. The van der Waals surface area contributed by atoms with E-state index in [4.69, 9.17) is 9.47 Å². The van der Waals surface area contributed by atoms with E-state index >= 15 is 0 Å². The molecule has 0 atom stereocenters. The molecule has 0 aromatic heterocycles. The van der Waals surface area contributed by atoms with Crippen molar-refractivity contribution in [3.63, 3.8) is 0 Å². The number of nitro groups is 1. The van der Waals surface area contributed by atoms with E-state index in [1.165, 1.54) is 12.1 Å². The molecular weight excluding hydrogens is 372 g/mol. The van der Waals surface area contributed by atoms with Crippen LogP contribution in [-0.2, 0) is 9.84 Å². The molecule has 1 spiro atoms. The summed E-state index contributed by atoms with van der Waals surface area (Å²) in [6.07, 6.45) is 4.79. The molecule has 0 amide bonds. The first-order chi connectivity index (χ1) is 12.8. The van der Waals surface area contributed by atoms with Gasteiger partial charge in [0.2, 0.25) is 0 Å². The van der Waals surface area contributed by atoms with Crippen molar-refractivity contribution >= 4 is 26.9 Å². The number of anilines is 2. The van der Waals surface area contributed by atoms with E-state index in [0.29, 0.717) is 17.2 Å². The van der Waals surface area contributed by atoms with Crippen LogP contribution in [0, 0.1) is 10.1 Å². The summed E-state index contributed by atoms with van der Waals surface area (Å²) in [4.78, 5) is 10.7. The summed E-state index contributed by atoms with van der Waals surface area (Å²) in [6, 6.07) is 9.02. The van der Waals surface area contributed by atoms with Gasteiger partial charge < -0.3 is 14.8 Å². The van der Waals surface area contributed by atoms with Gasteiger partial charge in [-0.1, -0.05) is 0 Å². The first kappa shape index (κ1) is 17.6. The Kier molecular flexibility index (Phi) is 3.99. The lowest BCUT2D eigenvalue weighted by molar-refractivity contribution is -0.384. The van der Waals surface area contributed by atoms with E-state index in [2.05, 4.69) is 5.32 Å². The molecule has 1 aliphatic heterocycles. The Bertz CT molecular complexity index is 1030. The normalized spacial score (nSPS) is 17.2. The lowest BCUT2D eigenvalue weighted by atomic mass is 10.2. The van der Waals surface area contributed by atoms with Gasteiger partial charge in [-0.2, -0.15) is 0 Å². The Balaban J connectivity index is 1.63. The van der Waals surface area contributed by atoms with Crippen molar-refractivity contribution in [3.05, 3.63) is 46.5 Å². The van der Waals surface area contributed by atoms with Gasteiger partial charge in [0.1, 0.15) is 5.69 Å². The summed E-state index contributed by atoms with van der Waals surface area (Å²) < 4.78 is 35.3. The third-order valence-electron chi connectivity index (χ3n) is 4.77. The summed E-state index contributed by atoms with van der Waals surface area (Å²) in [5.74, 6) is 0.672. The SMILES string of the molecule is CS(=O)(=O)c1ccc(Nc2ccc3c(c2)OC2(CCCC2)O3)c([N+](=O)[O-])c1. The van der Waals surface area contributed by atoms with Gasteiger partial charge in [-0.3, -0.25) is 10.1 Å². The Morgan fingerprint density at radius 3 is 2.44 bits per heavy atom. The van der Waals surface area contributed by atoms with Gasteiger partial charge in [0.05, 0.1) is 9.82 Å². The predicted octanol–water partition coefficient (Wildman–Crippen LogP) is 3.78. The van der Waals surface area contributed by atoms with Crippen molar-refractivity contribution < 1.29 is 22.8 Å². The lowest BCUT2D eigenvalue weighted by Gasteiger charge is -2.21. The molecule has 1 aliphatic carbocycles. The van der Waals surface area contributed by atoms with Crippen LogP contribution in [0.3, 0.4) is 0 Å². The second-order valence-electron chi connectivity index (χ2n) is 6.82. The maximum absolute atomic E-state index is 11.7. The molecule has 142 valence electrons. The monoisotopic (exact) mass is 390 g/mol. The smallest absolute Gasteiger partial charge is 0.293 e. The van der Waals surface area contributed by atoms with Gasteiger partial charge in [-0.25, -0.2) is 8.42 Å². The molecular formula is C18H18N2O6S. The minimum absolute atomic E-state index is 0.103. The lowest BCUT2D eigenvalue weighted by Crippen LogP contribution is -2.34. The van der Waals surface area contributed by atoms with Crippen LogP contribution in [0.2, 0.25) is 0 Å². The highest BCUT2D eigenvalue weighted by atomic mass is 32.2. The molecule has 1 fully saturated rings. The van der Waals surface area contributed by atoms with Crippen molar-refractivity contribution in [3.8, 4) is 11.5 Å². The summed E-state index contributed by atoms with van der Waals surface area (Å²) in [5.41, 5.74) is 0.465. The van der Waals surface area contributed by atoms with Crippen molar-refractivity contribution in [1.82, 2.24) is 0 Å². The van der Waals surface area contributed by atoms with Crippen molar-refractivity contribution in [2.45, 2.75) is 36.4 Å². The van der Waals surface area contributed by atoms with Crippen LogP contribution in [0.5, 0.6) is 11.5 Å². The molecule has 2 aliphatic rings. The zero-order chi connectivity index (χ0) is 19.2. The Morgan fingerprint density at radius 2 is 1.78 bits per heavy atom. The number of nitrogens with zero attached hydrogens (tertiary/aromatic N) is 1. The Labute approximate surface area is 156 Å². The highest BCUT2D eigenvalue weighted by Gasteiger charge is 2.44. The number of nitrogens with one attached hydrogen (secondary N) is 1. The van der Waals surface area contributed by atoms with Gasteiger partial charge in [0.25, 0.3) is 11.5 Å². The molecule has 1 saturated carbocycles. The molecule has 0 unspecified atom stereocenters. The fraction of sp³-hybridized carbons (Fsp3) is 0.333. The second-order valence-corrected chi connectivity index (χ2v) is 8.83. The van der Waals surface area contributed by atoms with Crippen LogP contribution in [0.1, 0.15) is 25.7 Å². The number of ether oxygens (including phenoxy) is 2. The Morgan fingerprint density at radius 1 is 1.07 bits per heavy atom. The van der Waals surface area contributed by atoms with E-state index in [0.717, 1.165) is 38.0 Å². The van der Waals surface area contributed by atoms with E-state index in [9.17, 15) is 18.5 Å². The number of nitro benzene ring substituents is 1. The molecule has 27 heavy (non-hydrogen) atoms. The minimum Gasteiger partial charge on any atom is -0.448 e. The molecule has 0 saturated heterocycles. The van der Waals surface area contributed by atoms with Crippen LogP contribution < -0.4 is 14.8 Å². The number of fused-ring (bicyclic) bond motifs is 1. The highest BCUT2D eigenvalue weighted by Crippen LogP contribution is 2.47. The third-order valence-corrected chi connectivity index (χ3v) is 5.88. The number of benzene rings is 2. The molecule has 8 nitrogen and oxygen atoms in total. The minimum atomic E-state index is -3.54. The van der Waals surface area contributed by atoms with Crippen molar-refractivity contribution in [2.24, 2.45) is 0 Å². The van der Waals surface area contributed by atoms with E-state index in [1.807, 2.05) is 0 Å². The van der Waals surface area contributed by atoms with Gasteiger partial charge in [0, 0.05) is 36.9 Å². The number of hydrogen-bond acceptors (Lipinski definition) is 7. The molecule has 4 rings (SSSR count). The van der Waals surface area contributed by atoms with Crippen LogP contribution in [0.25, 0.3) is 0 Å². The van der Waals surface area contributed by atoms with Gasteiger partial charge >= 0.3 is 0 Å². The number of hydrogen-bond donors (Lipinski definition) is 1. The molecule has 9 heteroatoms. The van der Waals surface area contributed by atoms with Gasteiger partial charge in [-0.15, -0.1) is 0 Å². The summed E-state index contributed by atoms with van der Waals surface area (Å²) in [6.45, 7) is 0. The topological polar surface area (TPSA) is 108 Å². The fourth-order valence-corrected chi connectivity index (χ4v) is 4.08. The molecule has 2 aromatic carbocycles. The predicted molar refractivity (Wildman–Crippen MR) is 98.4 cm³/mol. The summed E-state index contributed by atoms with van der Waals surface area (Å²) in [5, 5.41) is 14.3.